The molecular formula is C13H20O4. The summed E-state index contributed by atoms with van der Waals surface area (Å²) in [5.41, 5.74) is 0.906. The molecule has 0 aromatic heterocycles. The highest BCUT2D eigenvalue weighted by Crippen LogP contribution is 2.35. The topological polar surface area (TPSA) is 47.9 Å². The van der Waals surface area contributed by atoms with E-state index in [1.807, 2.05) is 19.9 Å². The Labute approximate surface area is 102 Å². The molecule has 96 valence electrons. The van der Waals surface area contributed by atoms with Crippen LogP contribution in [0.15, 0.2) is 12.1 Å². The third-order valence-electron chi connectivity index (χ3n) is 2.31. The van der Waals surface area contributed by atoms with E-state index in [1.54, 1.807) is 20.3 Å². The second kappa shape index (κ2) is 6.35. The lowest BCUT2D eigenvalue weighted by Crippen LogP contribution is -2.07. The zero-order valence-corrected chi connectivity index (χ0v) is 10.8. The van der Waals surface area contributed by atoms with Gasteiger partial charge in [-0.15, -0.1) is 0 Å². The lowest BCUT2D eigenvalue weighted by molar-refractivity contribution is 0.228. The summed E-state index contributed by atoms with van der Waals surface area (Å²) in [4.78, 5) is 0. The van der Waals surface area contributed by atoms with Gasteiger partial charge in [0.1, 0.15) is 5.75 Å². The summed E-state index contributed by atoms with van der Waals surface area (Å²) in [5, 5.41) is 8.99. The molecule has 1 aromatic rings. The van der Waals surface area contributed by atoms with Crippen LogP contribution in [0.5, 0.6) is 17.2 Å². The summed E-state index contributed by atoms with van der Waals surface area (Å²) in [7, 11) is 3.19. The van der Waals surface area contributed by atoms with Crippen molar-refractivity contribution in [1.82, 2.24) is 0 Å². The van der Waals surface area contributed by atoms with Crippen LogP contribution in [-0.4, -0.2) is 32.0 Å². The first-order chi connectivity index (χ1) is 8.12. The van der Waals surface area contributed by atoms with Crippen molar-refractivity contribution in [2.24, 2.45) is 0 Å². The van der Waals surface area contributed by atoms with Crippen LogP contribution in [0.25, 0.3) is 0 Å². The van der Waals surface area contributed by atoms with E-state index in [4.69, 9.17) is 19.3 Å². The Morgan fingerprint density at radius 1 is 1.06 bits per heavy atom. The molecule has 1 rings (SSSR count). The Hall–Kier alpha value is -1.42. The van der Waals surface area contributed by atoms with E-state index in [0.29, 0.717) is 23.7 Å². The molecule has 0 heterocycles. The number of aliphatic hydroxyl groups is 1. The summed E-state index contributed by atoms with van der Waals surface area (Å²) in [5.74, 6) is 2.01. The fraction of sp³-hybridized carbons (Fsp3) is 0.538. The van der Waals surface area contributed by atoms with Gasteiger partial charge in [-0.3, -0.25) is 0 Å². The SMILES string of the molecule is COc1cc(OC(C)C)c(OC)cc1CCO. The number of rotatable bonds is 6. The maximum Gasteiger partial charge on any atom is 0.165 e. The van der Waals surface area contributed by atoms with Gasteiger partial charge in [0.2, 0.25) is 0 Å². The van der Waals surface area contributed by atoms with Gasteiger partial charge in [0.05, 0.1) is 20.3 Å². The van der Waals surface area contributed by atoms with Crippen LogP contribution in [0.2, 0.25) is 0 Å². The van der Waals surface area contributed by atoms with Crippen LogP contribution < -0.4 is 14.2 Å². The molecular weight excluding hydrogens is 220 g/mol. The molecule has 0 bridgehead atoms. The monoisotopic (exact) mass is 240 g/mol. The Balaban J connectivity index is 3.12. The number of hydrogen-bond acceptors (Lipinski definition) is 4. The molecule has 0 spiro atoms. The van der Waals surface area contributed by atoms with Crippen LogP contribution in [0.1, 0.15) is 19.4 Å². The number of aliphatic hydroxyl groups excluding tert-OH is 1. The average Bonchev–Trinajstić information content (AvgIpc) is 2.30. The fourth-order valence-corrected chi connectivity index (χ4v) is 1.59. The molecule has 0 fully saturated rings. The zero-order valence-electron chi connectivity index (χ0n) is 10.8. The smallest absolute Gasteiger partial charge is 0.165 e. The maximum atomic E-state index is 8.99. The maximum absolute atomic E-state index is 8.99. The Morgan fingerprint density at radius 2 is 1.71 bits per heavy atom. The highest BCUT2D eigenvalue weighted by molar-refractivity contribution is 5.50. The quantitative estimate of drug-likeness (QED) is 0.826. The minimum Gasteiger partial charge on any atom is -0.496 e. The first-order valence-corrected chi connectivity index (χ1v) is 5.64. The lowest BCUT2D eigenvalue weighted by atomic mass is 10.1. The number of ether oxygens (including phenoxy) is 3. The summed E-state index contributed by atoms with van der Waals surface area (Å²) in [6.45, 7) is 3.98. The molecule has 4 heteroatoms. The standard InChI is InChI=1S/C13H20O4/c1-9(2)17-13-8-11(15-3)10(5-6-14)7-12(13)16-4/h7-9,14H,5-6H2,1-4H3. The van der Waals surface area contributed by atoms with Crippen LogP contribution >= 0.6 is 0 Å². The summed E-state index contributed by atoms with van der Waals surface area (Å²) >= 11 is 0. The summed E-state index contributed by atoms with van der Waals surface area (Å²) < 4.78 is 16.2. The van der Waals surface area contributed by atoms with Gasteiger partial charge in [0, 0.05) is 18.2 Å². The molecule has 1 N–H and O–H groups in total. The van der Waals surface area contributed by atoms with E-state index >= 15 is 0 Å². The second-order valence-corrected chi connectivity index (χ2v) is 3.96. The van der Waals surface area contributed by atoms with Crippen molar-refractivity contribution in [2.45, 2.75) is 26.4 Å². The van der Waals surface area contributed by atoms with E-state index in [-0.39, 0.29) is 12.7 Å². The highest BCUT2D eigenvalue weighted by Gasteiger charge is 2.13. The zero-order chi connectivity index (χ0) is 12.8. The average molecular weight is 240 g/mol. The molecule has 4 nitrogen and oxygen atoms in total. The highest BCUT2D eigenvalue weighted by atomic mass is 16.5. The predicted molar refractivity (Wildman–Crippen MR) is 66.1 cm³/mol. The van der Waals surface area contributed by atoms with E-state index in [1.165, 1.54) is 0 Å². The summed E-state index contributed by atoms with van der Waals surface area (Å²) in [6, 6.07) is 3.64. The minimum atomic E-state index is 0.0669. The molecule has 1 aromatic carbocycles. The lowest BCUT2D eigenvalue weighted by Gasteiger charge is -2.17. The Kier molecular flexibility index (Phi) is 5.10. The van der Waals surface area contributed by atoms with Gasteiger partial charge in [0.15, 0.2) is 11.5 Å². The number of methoxy groups -OCH3 is 2. The molecule has 0 aliphatic rings. The molecule has 17 heavy (non-hydrogen) atoms. The van der Waals surface area contributed by atoms with Crippen LogP contribution in [-0.2, 0) is 6.42 Å². The van der Waals surface area contributed by atoms with Crippen molar-refractivity contribution < 1.29 is 19.3 Å². The Bertz CT molecular complexity index is 361. The molecule has 0 saturated heterocycles. The van der Waals surface area contributed by atoms with Gasteiger partial charge >= 0.3 is 0 Å². The number of hydrogen-bond donors (Lipinski definition) is 1. The molecule has 0 unspecified atom stereocenters. The predicted octanol–water partition coefficient (Wildman–Crippen LogP) is 2.03. The molecule has 0 amide bonds. The van der Waals surface area contributed by atoms with Crippen molar-refractivity contribution in [3.8, 4) is 17.2 Å². The van der Waals surface area contributed by atoms with Crippen LogP contribution in [0.4, 0.5) is 0 Å². The third-order valence-corrected chi connectivity index (χ3v) is 2.31. The minimum absolute atomic E-state index is 0.0669. The van der Waals surface area contributed by atoms with Gasteiger partial charge in [-0.05, 0) is 26.3 Å². The van der Waals surface area contributed by atoms with Gasteiger partial charge < -0.3 is 19.3 Å². The fourth-order valence-electron chi connectivity index (χ4n) is 1.59. The molecule has 0 radical (unpaired) electrons. The van der Waals surface area contributed by atoms with E-state index in [9.17, 15) is 0 Å². The van der Waals surface area contributed by atoms with Gasteiger partial charge in [-0.2, -0.15) is 0 Å². The molecule has 0 atom stereocenters. The van der Waals surface area contributed by atoms with Gasteiger partial charge in [-0.1, -0.05) is 0 Å². The first-order valence-electron chi connectivity index (χ1n) is 5.64. The molecule has 0 aliphatic carbocycles. The first kappa shape index (κ1) is 13.6. The van der Waals surface area contributed by atoms with Crippen LogP contribution in [0, 0.1) is 0 Å². The van der Waals surface area contributed by atoms with Crippen molar-refractivity contribution in [2.75, 3.05) is 20.8 Å². The number of benzene rings is 1. The van der Waals surface area contributed by atoms with E-state index in [0.717, 1.165) is 5.56 Å². The summed E-state index contributed by atoms with van der Waals surface area (Å²) in [6.07, 6.45) is 0.596. The van der Waals surface area contributed by atoms with E-state index in [2.05, 4.69) is 0 Å². The largest absolute Gasteiger partial charge is 0.496 e. The molecule has 0 saturated carbocycles. The molecule has 0 aliphatic heterocycles. The normalized spacial score (nSPS) is 10.5. The van der Waals surface area contributed by atoms with Gasteiger partial charge in [0.25, 0.3) is 0 Å². The van der Waals surface area contributed by atoms with Crippen molar-refractivity contribution >= 4 is 0 Å². The second-order valence-electron chi connectivity index (χ2n) is 3.96. The van der Waals surface area contributed by atoms with E-state index < -0.39 is 0 Å². The van der Waals surface area contributed by atoms with Crippen molar-refractivity contribution in [3.63, 3.8) is 0 Å². The van der Waals surface area contributed by atoms with Crippen LogP contribution in [0.3, 0.4) is 0 Å². The van der Waals surface area contributed by atoms with Crippen molar-refractivity contribution in [3.05, 3.63) is 17.7 Å². The van der Waals surface area contributed by atoms with Gasteiger partial charge in [-0.25, -0.2) is 0 Å². The van der Waals surface area contributed by atoms with Crippen molar-refractivity contribution in [1.29, 1.82) is 0 Å². The third kappa shape index (κ3) is 3.53. The Morgan fingerprint density at radius 3 is 2.18 bits per heavy atom.